The number of aromatic nitrogens is 2. The third-order valence-electron chi connectivity index (χ3n) is 4.42. The molecule has 1 aromatic heterocycles. The number of benzene rings is 2. The van der Waals surface area contributed by atoms with Gasteiger partial charge in [-0.15, -0.1) is 10.2 Å². The summed E-state index contributed by atoms with van der Waals surface area (Å²) >= 11 is 0. The molecule has 4 rings (SSSR count). The Morgan fingerprint density at radius 2 is 1.92 bits per heavy atom. The van der Waals surface area contributed by atoms with Crippen LogP contribution in [0.25, 0.3) is 11.5 Å². The molecule has 0 unspecified atom stereocenters. The highest BCUT2D eigenvalue weighted by Crippen LogP contribution is 2.32. The minimum atomic E-state index is -0.640. The molecule has 126 valence electrons. The lowest BCUT2D eigenvalue weighted by Crippen LogP contribution is -2.34. The second kappa shape index (κ2) is 6.14. The van der Waals surface area contributed by atoms with Crippen LogP contribution in [0.4, 0.5) is 0 Å². The van der Waals surface area contributed by atoms with Gasteiger partial charge in [0.05, 0.1) is 23.3 Å². The summed E-state index contributed by atoms with van der Waals surface area (Å²) in [5, 5.41) is 21.1. The molecule has 0 radical (unpaired) electrons. The van der Waals surface area contributed by atoms with E-state index in [0.29, 0.717) is 29.3 Å². The molecule has 1 aliphatic rings. The van der Waals surface area contributed by atoms with Crippen molar-refractivity contribution in [3.8, 4) is 11.5 Å². The Hall–Kier alpha value is -2.99. The summed E-state index contributed by atoms with van der Waals surface area (Å²) in [7, 11) is 0. The first-order valence-electron chi connectivity index (χ1n) is 8.09. The molecule has 1 aliphatic carbocycles. The first kappa shape index (κ1) is 15.5. The number of hydrogen-bond acceptors (Lipinski definition) is 5. The van der Waals surface area contributed by atoms with E-state index in [2.05, 4.69) is 15.5 Å². The van der Waals surface area contributed by atoms with Crippen LogP contribution in [-0.2, 0) is 6.42 Å². The monoisotopic (exact) mass is 335 g/mol. The summed E-state index contributed by atoms with van der Waals surface area (Å²) in [5.74, 6) is 0.452. The molecule has 1 amide bonds. The number of rotatable bonds is 3. The maximum atomic E-state index is 12.8. The summed E-state index contributed by atoms with van der Waals surface area (Å²) in [6, 6.07) is 14.4. The van der Waals surface area contributed by atoms with E-state index in [1.54, 1.807) is 25.1 Å². The fourth-order valence-electron chi connectivity index (χ4n) is 3.24. The molecule has 6 nitrogen and oxygen atoms in total. The van der Waals surface area contributed by atoms with E-state index in [0.717, 1.165) is 11.1 Å². The van der Waals surface area contributed by atoms with Crippen LogP contribution in [0.2, 0.25) is 0 Å². The standard InChI is InChI=1S/C19H17N3O3/c1-11-21-22-19(25-11)15-9-5-4-8-14(15)18(24)20-17-13-7-3-2-6-12(13)10-16(17)23/h2-9,16-17,23H,10H2,1H3,(H,20,24)/t16-,17+/m1/s1. The van der Waals surface area contributed by atoms with Gasteiger partial charge in [0.2, 0.25) is 11.8 Å². The Morgan fingerprint density at radius 1 is 1.16 bits per heavy atom. The molecule has 0 aliphatic heterocycles. The van der Waals surface area contributed by atoms with Crippen molar-refractivity contribution < 1.29 is 14.3 Å². The van der Waals surface area contributed by atoms with Crippen molar-refractivity contribution in [2.45, 2.75) is 25.5 Å². The van der Waals surface area contributed by atoms with Crippen molar-refractivity contribution in [3.63, 3.8) is 0 Å². The van der Waals surface area contributed by atoms with Gasteiger partial charge in [-0.3, -0.25) is 4.79 Å². The highest BCUT2D eigenvalue weighted by Gasteiger charge is 2.32. The van der Waals surface area contributed by atoms with Gasteiger partial charge in [0.1, 0.15) is 0 Å². The number of carbonyl (C=O) groups excluding carboxylic acids is 1. The zero-order chi connectivity index (χ0) is 17.4. The number of amides is 1. The van der Waals surface area contributed by atoms with Crippen LogP contribution in [0, 0.1) is 6.92 Å². The quantitative estimate of drug-likeness (QED) is 0.767. The van der Waals surface area contributed by atoms with Crippen molar-refractivity contribution in [2.24, 2.45) is 0 Å². The van der Waals surface area contributed by atoms with Gasteiger partial charge in [-0.25, -0.2) is 0 Å². The molecule has 0 spiro atoms. The van der Waals surface area contributed by atoms with E-state index in [1.807, 2.05) is 30.3 Å². The number of hydrogen-bond donors (Lipinski definition) is 2. The van der Waals surface area contributed by atoms with Crippen LogP contribution in [0.15, 0.2) is 52.9 Å². The summed E-state index contributed by atoms with van der Waals surface area (Å²) in [6.45, 7) is 1.70. The zero-order valence-corrected chi connectivity index (χ0v) is 13.6. The molecule has 2 N–H and O–H groups in total. The van der Waals surface area contributed by atoms with E-state index in [-0.39, 0.29) is 5.91 Å². The minimum Gasteiger partial charge on any atom is -0.421 e. The van der Waals surface area contributed by atoms with E-state index in [9.17, 15) is 9.90 Å². The molecule has 3 aromatic rings. The van der Waals surface area contributed by atoms with Crippen LogP contribution < -0.4 is 5.32 Å². The maximum Gasteiger partial charge on any atom is 0.252 e. The fourth-order valence-corrected chi connectivity index (χ4v) is 3.24. The fraction of sp³-hybridized carbons (Fsp3) is 0.211. The van der Waals surface area contributed by atoms with Gasteiger partial charge in [0.15, 0.2) is 0 Å². The van der Waals surface area contributed by atoms with Gasteiger partial charge in [0.25, 0.3) is 5.91 Å². The Balaban J connectivity index is 1.65. The van der Waals surface area contributed by atoms with Crippen LogP contribution in [0.1, 0.15) is 33.4 Å². The summed E-state index contributed by atoms with van der Waals surface area (Å²) in [4.78, 5) is 12.8. The van der Waals surface area contributed by atoms with Crippen LogP contribution in [0.3, 0.4) is 0 Å². The Bertz CT molecular complexity index is 935. The number of carbonyl (C=O) groups is 1. The molecule has 6 heteroatoms. The molecule has 2 aromatic carbocycles. The molecule has 0 bridgehead atoms. The topological polar surface area (TPSA) is 88.2 Å². The number of nitrogens with one attached hydrogen (secondary N) is 1. The summed E-state index contributed by atoms with van der Waals surface area (Å²) in [5.41, 5.74) is 3.01. The second-order valence-electron chi connectivity index (χ2n) is 6.09. The van der Waals surface area contributed by atoms with Crippen molar-refractivity contribution in [1.82, 2.24) is 15.5 Å². The molecule has 25 heavy (non-hydrogen) atoms. The SMILES string of the molecule is Cc1nnc(-c2ccccc2C(=O)N[C@H]2c3ccccc3C[C@H]2O)o1. The van der Waals surface area contributed by atoms with Crippen molar-refractivity contribution in [1.29, 1.82) is 0 Å². The van der Waals surface area contributed by atoms with Gasteiger partial charge < -0.3 is 14.8 Å². The van der Waals surface area contributed by atoms with Gasteiger partial charge in [-0.2, -0.15) is 0 Å². The zero-order valence-electron chi connectivity index (χ0n) is 13.6. The van der Waals surface area contributed by atoms with Gasteiger partial charge >= 0.3 is 0 Å². The lowest BCUT2D eigenvalue weighted by atomic mass is 10.0. The van der Waals surface area contributed by atoms with Gasteiger partial charge in [-0.1, -0.05) is 36.4 Å². The van der Waals surface area contributed by atoms with E-state index >= 15 is 0 Å². The average molecular weight is 335 g/mol. The number of aliphatic hydroxyl groups is 1. The number of aryl methyl sites for hydroxylation is 1. The minimum absolute atomic E-state index is 0.285. The molecule has 0 saturated heterocycles. The average Bonchev–Trinajstić information content (AvgIpc) is 3.19. The van der Waals surface area contributed by atoms with Gasteiger partial charge in [0, 0.05) is 13.3 Å². The number of nitrogens with zero attached hydrogens (tertiary/aromatic N) is 2. The summed E-state index contributed by atoms with van der Waals surface area (Å²) in [6.07, 6.45) is -0.106. The lowest BCUT2D eigenvalue weighted by Gasteiger charge is -2.18. The normalized spacial score (nSPS) is 18.8. The first-order valence-corrected chi connectivity index (χ1v) is 8.09. The van der Waals surface area contributed by atoms with Crippen molar-refractivity contribution in [3.05, 3.63) is 71.1 Å². The van der Waals surface area contributed by atoms with E-state index in [4.69, 9.17) is 4.42 Å². The van der Waals surface area contributed by atoms with E-state index < -0.39 is 12.1 Å². The third kappa shape index (κ3) is 2.81. The highest BCUT2D eigenvalue weighted by molar-refractivity contribution is 6.00. The number of aliphatic hydroxyl groups excluding tert-OH is 1. The van der Waals surface area contributed by atoms with E-state index in [1.165, 1.54) is 0 Å². The highest BCUT2D eigenvalue weighted by atomic mass is 16.4. The van der Waals surface area contributed by atoms with Crippen molar-refractivity contribution in [2.75, 3.05) is 0 Å². The summed E-state index contributed by atoms with van der Waals surface area (Å²) < 4.78 is 5.46. The predicted molar refractivity (Wildman–Crippen MR) is 90.8 cm³/mol. The van der Waals surface area contributed by atoms with Gasteiger partial charge in [-0.05, 0) is 23.3 Å². The first-order chi connectivity index (χ1) is 12.1. The maximum absolute atomic E-state index is 12.8. The molecule has 0 saturated carbocycles. The second-order valence-corrected chi connectivity index (χ2v) is 6.09. The van der Waals surface area contributed by atoms with Crippen LogP contribution in [0.5, 0.6) is 0 Å². The smallest absolute Gasteiger partial charge is 0.252 e. The predicted octanol–water partition coefficient (Wildman–Crippen LogP) is 2.43. The Kier molecular flexibility index (Phi) is 3.82. The molecule has 2 atom stereocenters. The molecular weight excluding hydrogens is 318 g/mol. The van der Waals surface area contributed by atoms with Crippen molar-refractivity contribution >= 4 is 5.91 Å². The molecule has 1 heterocycles. The number of fused-ring (bicyclic) bond motifs is 1. The third-order valence-corrected chi connectivity index (χ3v) is 4.42. The largest absolute Gasteiger partial charge is 0.421 e. The molecule has 0 fully saturated rings. The lowest BCUT2D eigenvalue weighted by molar-refractivity contribution is 0.0858. The van der Waals surface area contributed by atoms with Crippen LogP contribution >= 0.6 is 0 Å². The Labute approximate surface area is 144 Å². The molecular formula is C19H17N3O3. The van der Waals surface area contributed by atoms with Crippen LogP contribution in [-0.4, -0.2) is 27.3 Å². The Morgan fingerprint density at radius 3 is 2.72 bits per heavy atom.